The average molecular weight is 375 g/mol. The summed E-state index contributed by atoms with van der Waals surface area (Å²) in [7, 11) is 0. The van der Waals surface area contributed by atoms with Crippen LogP contribution < -0.4 is 10.2 Å². The van der Waals surface area contributed by atoms with Crippen LogP contribution in [-0.2, 0) is 4.79 Å². The van der Waals surface area contributed by atoms with Gasteiger partial charge < -0.3 is 15.1 Å². The Hall–Kier alpha value is -3.48. The van der Waals surface area contributed by atoms with Gasteiger partial charge in [-0.1, -0.05) is 18.2 Å². The summed E-state index contributed by atoms with van der Waals surface area (Å²) < 4.78 is 0. The summed E-state index contributed by atoms with van der Waals surface area (Å²) in [6.45, 7) is 4.31. The van der Waals surface area contributed by atoms with Crippen molar-refractivity contribution in [3.63, 3.8) is 0 Å². The fourth-order valence-electron chi connectivity index (χ4n) is 3.38. The first-order valence-electron chi connectivity index (χ1n) is 9.23. The van der Waals surface area contributed by atoms with Crippen LogP contribution in [0.2, 0.25) is 0 Å². The molecule has 1 fully saturated rings. The van der Waals surface area contributed by atoms with Gasteiger partial charge in [-0.3, -0.25) is 14.6 Å². The van der Waals surface area contributed by atoms with E-state index < -0.39 is 0 Å². The number of aromatic nitrogens is 2. The number of nitrogens with zero attached hydrogens (tertiary/aromatic N) is 4. The molecule has 1 saturated heterocycles. The second-order valence-electron chi connectivity index (χ2n) is 6.73. The van der Waals surface area contributed by atoms with E-state index in [9.17, 15) is 9.59 Å². The van der Waals surface area contributed by atoms with E-state index in [4.69, 9.17) is 0 Å². The first kappa shape index (κ1) is 17.9. The summed E-state index contributed by atoms with van der Waals surface area (Å²) in [6, 6.07) is 13.0. The Balaban J connectivity index is 1.51. The first-order valence-corrected chi connectivity index (χ1v) is 9.23. The van der Waals surface area contributed by atoms with Gasteiger partial charge in [0.25, 0.3) is 5.91 Å². The van der Waals surface area contributed by atoms with Gasteiger partial charge in [-0.05, 0) is 24.3 Å². The minimum absolute atomic E-state index is 0.0874. The quantitative estimate of drug-likeness (QED) is 0.761. The minimum atomic E-state index is -0.204. The highest BCUT2D eigenvalue weighted by Crippen LogP contribution is 2.22. The number of para-hydroxylation sites is 1. The van der Waals surface area contributed by atoms with Crippen LogP contribution in [0.1, 0.15) is 17.3 Å². The molecule has 1 N–H and O–H groups in total. The Morgan fingerprint density at radius 2 is 1.75 bits per heavy atom. The molecule has 2 amide bonds. The Bertz CT molecular complexity index is 1020. The lowest BCUT2D eigenvalue weighted by Gasteiger charge is -2.35. The lowest BCUT2D eigenvalue weighted by molar-refractivity contribution is -0.129. The highest BCUT2D eigenvalue weighted by atomic mass is 16.2. The monoisotopic (exact) mass is 375 g/mol. The second kappa shape index (κ2) is 7.64. The summed E-state index contributed by atoms with van der Waals surface area (Å²) in [4.78, 5) is 37.0. The maximum absolute atomic E-state index is 12.8. The number of hydrogen-bond donors (Lipinski definition) is 1. The number of nitrogens with one attached hydrogen (secondary N) is 1. The van der Waals surface area contributed by atoms with Crippen molar-refractivity contribution in [1.29, 1.82) is 0 Å². The fourth-order valence-corrected chi connectivity index (χ4v) is 3.38. The van der Waals surface area contributed by atoms with Crippen LogP contribution in [0.4, 0.5) is 11.5 Å². The number of hydrogen-bond acceptors (Lipinski definition) is 5. The maximum atomic E-state index is 12.8. The van der Waals surface area contributed by atoms with Crippen LogP contribution in [0.15, 0.2) is 54.9 Å². The smallest absolute Gasteiger partial charge is 0.255 e. The van der Waals surface area contributed by atoms with E-state index in [1.165, 1.54) is 0 Å². The number of piperazine rings is 1. The molecule has 0 spiro atoms. The highest BCUT2D eigenvalue weighted by molar-refractivity contribution is 6.08. The zero-order valence-corrected chi connectivity index (χ0v) is 15.6. The number of carbonyl (C=O) groups excluding carboxylic acids is 2. The fraction of sp³-hybridized carbons (Fsp3) is 0.238. The zero-order chi connectivity index (χ0) is 19.5. The molecule has 3 aromatic rings. The molecule has 0 radical (unpaired) electrons. The van der Waals surface area contributed by atoms with Crippen molar-refractivity contribution in [3.8, 4) is 0 Å². The third kappa shape index (κ3) is 3.64. The number of benzene rings is 1. The van der Waals surface area contributed by atoms with Crippen molar-refractivity contribution in [2.75, 3.05) is 36.4 Å². The van der Waals surface area contributed by atoms with Gasteiger partial charge in [0.2, 0.25) is 5.91 Å². The van der Waals surface area contributed by atoms with Gasteiger partial charge in [-0.15, -0.1) is 0 Å². The van der Waals surface area contributed by atoms with Crippen LogP contribution in [0.25, 0.3) is 10.9 Å². The number of carbonyl (C=O) groups is 2. The van der Waals surface area contributed by atoms with Gasteiger partial charge in [-0.25, -0.2) is 4.98 Å². The third-order valence-corrected chi connectivity index (χ3v) is 4.94. The molecule has 0 bridgehead atoms. The molecule has 1 aliphatic heterocycles. The van der Waals surface area contributed by atoms with Crippen LogP contribution in [0, 0.1) is 0 Å². The average Bonchev–Trinajstić information content (AvgIpc) is 2.74. The van der Waals surface area contributed by atoms with Crippen LogP contribution in [0.5, 0.6) is 0 Å². The topological polar surface area (TPSA) is 78.4 Å². The first-order chi connectivity index (χ1) is 13.6. The molecule has 0 aliphatic carbocycles. The van der Waals surface area contributed by atoms with Crippen LogP contribution in [0.3, 0.4) is 0 Å². The standard InChI is InChI=1S/C21H21N5O2/c1-15(27)25-10-12-26(13-11-25)19-14-17(7-9-22-19)21(28)24-18-6-2-4-16-5-3-8-23-20(16)18/h2-9,14H,10-13H2,1H3,(H,24,28). The molecule has 1 aliphatic rings. The van der Waals surface area contributed by atoms with Gasteiger partial charge in [0.15, 0.2) is 0 Å². The van der Waals surface area contributed by atoms with E-state index in [1.54, 1.807) is 31.5 Å². The summed E-state index contributed by atoms with van der Waals surface area (Å²) in [5.41, 5.74) is 1.97. The van der Waals surface area contributed by atoms with Crippen molar-refractivity contribution in [3.05, 3.63) is 60.4 Å². The van der Waals surface area contributed by atoms with Crippen molar-refractivity contribution < 1.29 is 9.59 Å². The molecule has 2 aromatic heterocycles. The molecular formula is C21H21N5O2. The molecule has 142 valence electrons. The molecule has 0 unspecified atom stereocenters. The van der Waals surface area contributed by atoms with Crippen LogP contribution >= 0.6 is 0 Å². The zero-order valence-electron chi connectivity index (χ0n) is 15.6. The van der Waals surface area contributed by atoms with E-state index in [0.29, 0.717) is 37.4 Å². The molecule has 1 aromatic carbocycles. The molecular weight excluding hydrogens is 354 g/mol. The lowest BCUT2D eigenvalue weighted by atomic mass is 10.1. The molecule has 3 heterocycles. The van der Waals surface area contributed by atoms with E-state index >= 15 is 0 Å². The predicted molar refractivity (Wildman–Crippen MR) is 108 cm³/mol. The summed E-state index contributed by atoms with van der Waals surface area (Å²) in [5, 5.41) is 3.92. The number of rotatable bonds is 3. The van der Waals surface area contributed by atoms with Crippen molar-refractivity contribution >= 4 is 34.2 Å². The lowest BCUT2D eigenvalue weighted by Crippen LogP contribution is -2.48. The Morgan fingerprint density at radius 3 is 2.54 bits per heavy atom. The predicted octanol–water partition coefficient (Wildman–Crippen LogP) is 2.55. The number of amides is 2. The maximum Gasteiger partial charge on any atom is 0.255 e. The number of pyridine rings is 2. The Labute approximate surface area is 163 Å². The number of anilines is 2. The van der Waals surface area contributed by atoms with E-state index in [-0.39, 0.29) is 11.8 Å². The molecule has 7 heteroatoms. The summed E-state index contributed by atoms with van der Waals surface area (Å²) in [6.07, 6.45) is 3.35. The molecule has 0 saturated carbocycles. The molecule has 28 heavy (non-hydrogen) atoms. The highest BCUT2D eigenvalue weighted by Gasteiger charge is 2.20. The molecule has 4 rings (SSSR count). The third-order valence-electron chi connectivity index (χ3n) is 4.94. The van der Waals surface area contributed by atoms with E-state index in [2.05, 4.69) is 20.2 Å². The summed E-state index contributed by atoms with van der Waals surface area (Å²) in [5.74, 6) is 0.625. The van der Waals surface area contributed by atoms with Gasteiger partial charge in [0, 0.05) is 56.4 Å². The van der Waals surface area contributed by atoms with E-state index in [1.807, 2.05) is 35.2 Å². The van der Waals surface area contributed by atoms with Crippen molar-refractivity contribution in [2.45, 2.75) is 6.92 Å². The van der Waals surface area contributed by atoms with Crippen molar-refractivity contribution in [2.24, 2.45) is 0 Å². The van der Waals surface area contributed by atoms with Gasteiger partial charge >= 0.3 is 0 Å². The van der Waals surface area contributed by atoms with Gasteiger partial charge in [0.05, 0.1) is 11.2 Å². The van der Waals surface area contributed by atoms with Gasteiger partial charge in [-0.2, -0.15) is 0 Å². The minimum Gasteiger partial charge on any atom is -0.353 e. The molecule has 0 atom stereocenters. The number of fused-ring (bicyclic) bond motifs is 1. The normalized spacial score (nSPS) is 14.2. The van der Waals surface area contributed by atoms with Crippen LogP contribution in [-0.4, -0.2) is 52.9 Å². The summed E-state index contributed by atoms with van der Waals surface area (Å²) >= 11 is 0. The SMILES string of the molecule is CC(=O)N1CCN(c2cc(C(=O)Nc3cccc4cccnc34)ccn2)CC1. The van der Waals surface area contributed by atoms with Crippen molar-refractivity contribution in [1.82, 2.24) is 14.9 Å². The molecule has 7 nitrogen and oxygen atoms in total. The largest absolute Gasteiger partial charge is 0.353 e. The van der Waals surface area contributed by atoms with Gasteiger partial charge in [0.1, 0.15) is 5.82 Å². The second-order valence-corrected chi connectivity index (χ2v) is 6.73. The van der Waals surface area contributed by atoms with E-state index in [0.717, 1.165) is 16.7 Å². The Kier molecular flexibility index (Phi) is 4.89. The Morgan fingerprint density at radius 1 is 0.964 bits per heavy atom.